The van der Waals surface area contributed by atoms with Crippen molar-refractivity contribution in [1.29, 1.82) is 0 Å². The van der Waals surface area contributed by atoms with E-state index in [2.05, 4.69) is 50.7 Å². The van der Waals surface area contributed by atoms with Crippen molar-refractivity contribution in [3.8, 4) is 0 Å². The van der Waals surface area contributed by atoms with E-state index in [0.29, 0.717) is 13.2 Å². The predicted octanol–water partition coefficient (Wildman–Crippen LogP) is 5.02. The monoisotopic (exact) mass is 376 g/mol. The predicted molar refractivity (Wildman–Crippen MR) is 108 cm³/mol. The number of hydrogen-bond acceptors (Lipinski definition) is 4. The van der Waals surface area contributed by atoms with Gasteiger partial charge in [-0.3, -0.25) is 0 Å². The topological polar surface area (TPSA) is 64.4 Å². The van der Waals surface area contributed by atoms with Gasteiger partial charge in [-0.1, -0.05) is 46.5 Å². The summed E-state index contributed by atoms with van der Waals surface area (Å²) in [5, 5.41) is 2.81. The van der Waals surface area contributed by atoms with Gasteiger partial charge in [-0.15, -0.1) is 0 Å². The van der Waals surface area contributed by atoms with Gasteiger partial charge in [0, 0.05) is 21.0 Å². The summed E-state index contributed by atoms with van der Waals surface area (Å²) in [6.07, 6.45) is 1.21. The van der Waals surface area contributed by atoms with Crippen molar-refractivity contribution in [2.75, 3.05) is 13.2 Å². The van der Waals surface area contributed by atoms with Crippen molar-refractivity contribution in [3.63, 3.8) is 0 Å². The van der Waals surface area contributed by atoms with E-state index in [1.165, 1.54) is 0 Å². The lowest BCUT2D eigenvalue weighted by atomic mass is 9.92. The number of oxazole rings is 1. The SMILES string of the molecule is CC(C)(C)Cc1nc2cc(CCNC(=O)OCC[Si](C)(C)C)ccc2o1. The van der Waals surface area contributed by atoms with Gasteiger partial charge >= 0.3 is 6.09 Å². The van der Waals surface area contributed by atoms with E-state index in [1.807, 2.05) is 18.2 Å². The first-order chi connectivity index (χ1) is 12.0. The molecule has 0 unspecified atom stereocenters. The number of nitrogens with one attached hydrogen (secondary N) is 1. The molecule has 1 aromatic carbocycles. The van der Waals surface area contributed by atoms with Gasteiger partial charge in [-0.05, 0) is 35.6 Å². The lowest BCUT2D eigenvalue weighted by Crippen LogP contribution is -2.29. The van der Waals surface area contributed by atoms with Gasteiger partial charge < -0.3 is 14.5 Å². The molecule has 0 aliphatic heterocycles. The van der Waals surface area contributed by atoms with Crippen LogP contribution < -0.4 is 5.32 Å². The number of fused-ring (bicyclic) bond motifs is 1. The fourth-order valence-electron chi connectivity index (χ4n) is 2.52. The molecule has 0 aliphatic carbocycles. The van der Waals surface area contributed by atoms with Crippen molar-refractivity contribution in [3.05, 3.63) is 29.7 Å². The summed E-state index contributed by atoms with van der Waals surface area (Å²) in [4.78, 5) is 16.3. The molecule has 2 rings (SSSR count). The highest BCUT2D eigenvalue weighted by Crippen LogP contribution is 2.24. The van der Waals surface area contributed by atoms with Crippen molar-refractivity contribution in [2.45, 2.75) is 59.3 Å². The summed E-state index contributed by atoms with van der Waals surface area (Å²) in [7, 11) is -1.17. The Kier molecular flexibility index (Phi) is 6.50. The fourth-order valence-corrected chi connectivity index (χ4v) is 3.23. The number of hydrogen-bond donors (Lipinski definition) is 1. The maximum Gasteiger partial charge on any atom is 0.407 e. The Balaban J connectivity index is 1.82. The van der Waals surface area contributed by atoms with Gasteiger partial charge in [0.25, 0.3) is 0 Å². The second-order valence-corrected chi connectivity index (χ2v) is 14.9. The molecule has 0 atom stereocenters. The van der Waals surface area contributed by atoms with Crippen LogP contribution in [0.2, 0.25) is 25.7 Å². The number of carbonyl (C=O) groups excluding carboxylic acids is 1. The van der Waals surface area contributed by atoms with Crippen LogP contribution in [0.15, 0.2) is 22.6 Å². The first-order valence-electron chi connectivity index (χ1n) is 9.31. The van der Waals surface area contributed by atoms with Crippen molar-refractivity contribution in [2.24, 2.45) is 5.41 Å². The minimum absolute atomic E-state index is 0.142. The van der Waals surface area contributed by atoms with Crippen LogP contribution in [0.25, 0.3) is 11.1 Å². The summed E-state index contributed by atoms with van der Waals surface area (Å²) in [6, 6.07) is 6.99. The largest absolute Gasteiger partial charge is 0.450 e. The van der Waals surface area contributed by atoms with Crippen LogP contribution in [-0.2, 0) is 17.6 Å². The molecule has 1 heterocycles. The molecule has 1 amide bonds. The molecular weight excluding hydrogens is 344 g/mol. The normalized spacial score (nSPS) is 12.4. The Bertz CT molecular complexity index is 742. The number of carbonyl (C=O) groups is 1. The van der Waals surface area contributed by atoms with Crippen LogP contribution in [0.3, 0.4) is 0 Å². The number of benzene rings is 1. The van der Waals surface area contributed by atoms with E-state index in [9.17, 15) is 4.79 Å². The average molecular weight is 377 g/mol. The number of alkyl carbamates (subject to hydrolysis) is 1. The first-order valence-corrected chi connectivity index (χ1v) is 13.0. The Morgan fingerprint density at radius 2 is 2.00 bits per heavy atom. The van der Waals surface area contributed by atoms with E-state index >= 15 is 0 Å². The number of aromatic nitrogens is 1. The quantitative estimate of drug-likeness (QED) is 0.689. The van der Waals surface area contributed by atoms with Crippen molar-refractivity contribution < 1.29 is 13.9 Å². The highest BCUT2D eigenvalue weighted by atomic mass is 28.3. The van der Waals surface area contributed by atoms with Crippen LogP contribution in [0.4, 0.5) is 4.79 Å². The third-order valence-electron chi connectivity index (χ3n) is 3.95. The third kappa shape index (κ3) is 7.20. The smallest absolute Gasteiger partial charge is 0.407 e. The molecule has 0 bridgehead atoms. The Morgan fingerprint density at radius 1 is 1.27 bits per heavy atom. The fraction of sp³-hybridized carbons (Fsp3) is 0.600. The van der Waals surface area contributed by atoms with Gasteiger partial charge in [0.2, 0.25) is 0 Å². The number of amides is 1. The molecule has 0 saturated heterocycles. The zero-order valence-corrected chi connectivity index (χ0v) is 17.9. The van der Waals surface area contributed by atoms with Crippen LogP contribution >= 0.6 is 0 Å². The van der Waals surface area contributed by atoms with Gasteiger partial charge in [0.1, 0.15) is 5.52 Å². The van der Waals surface area contributed by atoms with Gasteiger partial charge in [-0.2, -0.15) is 0 Å². The molecule has 144 valence electrons. The number of nitrogens with zero attached hydrogens (tertiary/aromatic N) is 1. The summed E-state index contributed by atoms with van der Waals surface area (Å²) in [5.74, 6) is 0.772. The van der Waals surface area contributed by atoms with Gasteiger partial charge in [0.15, 0.2) is 11.5 Å². The molecule has 5 nitrogen and oxygen atoms in total. The van der Waals surface area contributed by atoms with Crippen LogP contribution in [0.5, 0.6) is 0 Å². The van der Waals surface area contributed by atoms with Crippen LogP contribution in [-0.4, -0.2) is 32.3 Å². The Hall–Kier alpha value is -1.82. The summed E-state index contributed by atoms with van der Waals surface area (Å²) in [6.45, 7) is 14.3. The standard InChI is InChI=1S/C20H32N2O3Si/c1-20(2,3)14-18-22-16-13-15(7-8-17(16)25-18)9-10-21-19(23)24-11-12-26(4,5)6/h7-8,13H,9-12,14H2,1-6H3,(H,21,23). The first kappa shape index (κ1) is 20.5. The van der Waals surface area contributed by atoms with Crippen LogP contribution in [0, 0.1) is 5.41 Å². The third-order valence-corrected chi connectivity index (χ3v) is 5.65. The molecule has 1 N–H and O–H groups in total. The number of rotatable bonds is 7. The van der Waals surface area contributed by atoms with E-state index in [0.717, 1.165) is 41.4 Å². The molecule has 0 fully saturated rings. The van der Waals surface area contributed by atoms with Crippen molar-refractivity contribution in [1.82, 2.24) is 10.3 Å². The highest BCUT2D eigenvalue weighted by molar-refractivity contribution is 6.76. The molecule has 0 aliphatic rings. The van der Waals surface area contributed by atoms with Gasteiger partial charge in [-0.25, -0.2) is 9.78 Å². The average Bonchev–Trinajstić information content (AvgIpc) is 2.85. The maximum absolute atomic E-state index is 11.7. The number of ether oxygens (including phenoxy) is 1. The van der Waals surface area contributed by atoms with E-state index < -0.39 is 8.07 Å². The second-order valence-electron chi connectivity index (χ2n) is 9.27. The van der Waals surface area contributed by atoms with E-state index in [4.69, 9.17) is 9.15 Å². The minimum atomic E-state index is -1.17. The molecule has 6 heteroatoms. The van der Waals surface area contributed by atoms with Crippen molar-refractivity contribution >= 4 is 25.3 Å². The molecule has 2 aromatic rings. The summed E-state index contributed by atoms with van der Waals surface area (Å²) >= 11 is 0. The lowest BCUT2D eigenvalue weighted by molar-refractivity contribution is 0.152. The van der Waals surface area contributed by atoms with E-state index in [1.54, 1.807) is 0 Å². The second kappa shape index (κ2) is 8.25. The summed E-state index contributed by atoms with van der Waals surface area (Å²) < 4.78 is 11.0. The molecule has 26 heavy (non-hydrogen) atoms. The minimum Gasteiger partial charge on any atom is -0.450 e. The van der Waals surface area contributed by atoms with Crippen LogP contribution in [0.1, 0.15) is 32.2 Å². The molecule has 0 spiro atoms. The molecular formula is C20H32N2O3Si. The lowest BCUT2D eigenvalue weighted by Gasteiger charge is -2.15. The summed E-state index contributed by atoms with van der Waals surface area (Å²) in [5.41, 5.74) is 2.95. The molecule has 0 radical (unpaired) electrons. The van der Waals surface area contributed by atoms with E-state index in [-0.39, 0.29) is 11.5 Å². The molecule has 1 aromatic heterocycles. The Morgan fingerprint density at radius 3 is 2.65 bits per heavy atom. The molecule has 0 saturated carbocycles. The van der Waals surface area contributed by atoms with Gasteiger partial charge in [0.05, 0.1) is 6.61 Å². The Labute approximate surface area is 157 Å². The zero-order chi connectivity index (χ0) is 19.4. The highest BCUT2D eigenvalue weighted by Gasteiger charge is 2.16. The maximum atomic E-state index is 11.7. The zero-order valence-electron chi connectivity index (χ0n) is 16.9.